The van der Waals surface area contributed by atoms with Crippen molar-refractivity contribution in [3.8, 4) is 0 Å². The van der Waals surface area contributed by atoms with Gasteiger partial charge in [0.15, 0.2) is 0 Å². The Hall–Kier alpha value is -0.860. The SMILES string of the molecule is C=C(C)CC(N)c1cc(Cl)ccc1F. The number of hydrogen-bond acceptors (Lipinski definition) is 1. The summed E-state index contributed by atoms with van der Waals surface area (Å²) in [6, 6.07) is 4.03. The minimum absolute atomic E-state index is 0.317. The van der Waals surface area contributed by atoms with Crippen molar-refractivity contribution in [2.45, 2.75) is 19.4 Å². The second-order valence-corrected chi connectivity index (χ2v) is 3.87. The molecular formula is C11H13ClFN. The van der Waals surface area contributed by atoms with Crippen molar-refractivity contribution >= 4 is 11.6 Å². The van der Waals surface area contributed by atoms with Gasteiger partial charge in [-0.05, 0) is 31.5 Å². The predicted molar refractivity (Wildman–Crippen MR) is 57.8 cm³/mol. The van der Waals surface area contributed by atoms with E-state index in [4.69, 9.17) is 17.3 Å². The van der Waals surface area contributed by atoms with Gasteiger partial charge in [-0.3, -0.25) is 0 Å². The van der Waals surface area contributed by atoms with E-state index in [1.807, 2.05) is 6.92 Å². The molecular weight excluding hydrogens is 201 g/mol. The Morgan fingerprint density at radius 2 is 2.29 bits per heavy atom. The summed E-state index contributed by atoms with van der Waals surface area (Å²) >= 11 is 5.75. The topological polar surface area (TPSA) is 26.0 Å². The standard InChI is InChI=1S/C11H13ClFN/c1-7(2)5-11(14)9-6-8(12)3-4-10(9)13/h3-4,6,11H,1,5,14H2,2H3. The van der Waals surface area contributed by atoms with E-state index in [0.29, 0.717) is 17.0 Å². The molecule has 3 heteroatoms. The fraction of sp³-hybridized carbons (Fsp3) is 0.273. The first-order valence-electron chi connectivity index (χ1n) is 4.35. The summed E-state index contributed by atoms with van der Waals surface area (Å²) in [7, 11) is 0. The Balaban J connectivity index is 2.93. The van der Waals surface area contributed by atoms with Crippen LogP contribution in [0.25, 0.3) is 0 Å². The van der Waals surface area contributed by atoms with E-state index in [-0.39, 0.29) is 11.9 Å². The lowest BCUT2D eigenvalue weighted by atomic mass is 10.0. The molecule has 0 aliphatic carbocycles. The van der Waals surface area contributed by atoms with Gasteiger partial charge in [-0.2, -0.15) is 0 Å². The average molecular weight is 214 g/mol. The van der Waals surface area contributed by atoms with Crippen molar-refractivity contribution in [3.05, 3.63) is 46.8 Å². The van der Waals surface area contributed by atoms with Crippen molar-refractivity contribution in [2.75, 3.05) is 0 Å². The third kappa shape index (κ3) is 2.82. The van der Waals surface area contributed by atoms with Crippen LogP contribution in [0.5, 0.6) is 0 Å². The molecule has 0 heterocycles. The van der Waals surface area contributed by atoms with Crippen LogP contribution < -0.4 is 5.73 Å². The van der Waals surface area contributed by atoms with E-state index in [0.717, 1.165) is 5.57 Å². The maximum atomic E-state index is 13.3. The first-order valence-corrected chi connectivity index (χ1v) is 4.73. The summed E-state index contributed by atoms with van der Waals surface area (Å²) in [5.41, 5.74) is 7.18. The molecule has 0 aliphatic rings. The Bertz CT molecular complexity index is 349. The zero-order valence-electron chi connectivity index (χ0n) is 8.06. The summed E-state index contributed by atoms with van der Waals surface area (Å²) in [5, 5.41) is 0.499. The molecule has 0 fully saturated rings. The molecule has 1 unspecified atom stereocenters. The lowest BCUT2D eigenvalue weighted by molar-refractivity contribution is 0.580. The van der Waals surface area contributed by atoms with E-state index >= 15 is 0 Å². The van der Waals surface area contributed by atoms with Gasteiger partial charge in [0.2, 0.25) is 0 Å². The first-order chi connectivity index (χ1) is 6.50. The van der Waals surface area contributed by atoms with E-state index in [1.165, 1.54) is 12.1 Å². The zero-order chi connectivity index (χ0) is 10.7. The molecule has 1 atom stereocenters. The highest BCUT2D eigenvalue weighted by molar-refractivity contribution is 6.30. The smallest absolute Gasteiger partial charge is 0.128 e. The number of rotatable bonds is 3. The van der Waals surface area contributed by atoms with Crippen LogP contribution in [0.15, 0.2) is 30.4 Å². The van der Waals surface area contributed by atoms with Crippen LogP contribution in [0.4, 0.5) is 4.39 Å². The summed E-state index contributed by atoms with van der Waals surface area (Å²) in [4.78, 5) is 0. The molecule has 2 N–H and O–H groups in total. The second kappa shape index (κ2) is 4.58. The highest BCUT2D eigenvalue weighted by atomic mass is 35.5. The maximum Gasteiger partial charge on any atom is 0.128 e. The van der Waals surface area contributed by atoms with Crippen molar-refractivity contribution in [2.24, 2.45) is 5.73 Å². The Morgan fingerprint density at radius 3 is 2.86 bits per heavy atom. The minimum atomic E-state index is -0.369. The van der Waals surface area contributed by atoms with Crippen LogP contribution in [-0.2, 0) is 0 Å². The van der Waals surface area contributed by atoms with Crippen molar-refractivity contribution in [1.82, 2.24) is 0 Å². The van der Waals surface area contributed by atoms with Crippen LogP contribution in [0.1, 0.15) is 24.9 Å². The molecule has 1 aromatic carbocycles. The van der Waals surface area contributed by atoms with Gasteiger partial charge in [0, 0.05) is 16.6 Å². The van der Waals surface area contributed by atoms with Gasteiger partial charge in [-0.15, -0.1) is 6.58 Å². The Morgan fingerprint density at radius 1 is 1.64 bits per heavy atom. The quantitative estimate of drug-likeness (QED) is 0.765. The lowest BCUT2D eigenvalue weighted by Gasteiger charge is -2.12. The number of benzene rings is 1. The summed E-state index contributed by atoms with van der Waals surface area (Å²) in [5.74, 6) is -0.317. The first kappa shape index (κ1) is 11.2. The minimum Gasteiger partial charge on any atom is -0.324 e. The molecule has 1 rings (SSSR count). The number of halogens is 2. The molecule has 0 spiro atoms. The monoisotopic (exact) mass is 213 g/mol. The largest absolute Gasteiger partial charge is 0.324 e. The van der Waals surface area contributed by atoms with Gasteiger partial charge in [0.05, 0.1) is 0 Å². The Labute approximate surface area is 88.4 Å². The van der Waals surface area contributed by atoms with E-state index in [9.17, 15) is 4.39 Å². The normalized spacial score (nSPS) is 12.6. The molecule has 76 valence electrons. The molecule has 1 nitrogen and oxygen atoms in total. The summed E-state index contributed by atoms with van der Waals surface area (Å²) in [6.45, 7) is 5.60. The third-order valence-corrected chi connectivity index (χ3v) is 2.16. The molecule has 0 radical (unpaired) electrons. The zero-order valence-corrected chi connectivity index (χ0v) is 8.81. The highest BCUT2D eigenvalue weighted by Crippen LogP contribution is 2.23. The summed E-state index contributed by atoms with van der Waals surface area (Å²) < 4.78 is 13.3. The fourth-order valence-electron chi connectivity index (χ4n) is 1.28. The molecule has 0 aliphatic heterocycles. The van der Waals surface area contributed by atoms with Crippen molar-refractivity contribution < 1.29 is 4.39 Å². The second-order valence-electron chi connectivity index (χ2n) is 3.43. The third-order valence-electron chi connectivity index (χ3n) is 1.93. The van der Waals surface area contributed by atoms with E-state index in [2.05, 4.69) is 6.58 Å². The molecule has 0 aromatic heterocycles. The molecule has 0 amide bonds. The fourth-order valence-corrected chi connectivity index (χ4v) is 1.46. The van der Waals surface area contributed by atoms with Crippen LogP contribution in [0, 0.1) is 5.82 Å². The molecule has 0 saturated carbocycles. The van der Waals surface area contributed by atoms with E-state index < -0.39 is 0 Å². The summed E-state index contributed by atoms with van der Waals surface area (Å²) in [6.07, 6.45) is 0.567. The van der Waals surface area contributed by atoms with E-state index in [1.54, 1.807) is 6.07 Å². The molecule has 1 aromatic rings. The molecule has 0 saturated heterocycles. The van der Waals surface area contributed by atoms with Crippen LogP contribution >= 0.6 is 11.6 Å². The van der Waals surface area contributed by atoms with Gasteiger partial charge in [-0.1, -0.05) is 17.2 Å². The van der Waals surface area contributed by atoms with Crippen molar-refractivity contribution in [1.29, 1.82) is 0 Å². The number of hydrogen-bond donors (Lipinski definition) is 1. The number of nitrogens with two attached hydrogens (primary N) is 1. The lowest BCUT2D eigenvalue weighted by Crippen LogP contribution is -2.12. The van der Waals surface area contributed by atoms with Crippen LogP contribution in [0.3, 0.4) is 0 Å². The van der Waals surface area contributed by atoms with Gasteiger partial charge in [0.25, 0.3) is 0 Å². The molecule has 0 bridgehead atoms. The van der Waals surface area contributed by atoms with Crippen LogP contribution in [0.2, 0.25) is 5.02 Å². The predicted octanol–water partition coefficient (Wildman–Crippen LogP) is 3.45. The molecule has 14 heavy (non-hydrogen) atoms. The van der Waals surface area contributed by atoms with Crippen molar-refractivity contribution in [3.63, 3.8) is 0 Å². The van der Waals surface area contributed by atoms with Gasteiger partial charge in [0.1, 0.15) is 5.82 Å². The van der Waals surface area contributed by atoms with Gasteiger partial charge >= 0.3 is 0 Å². The Kier molecular flexibility index (Phi) is 3.67. The van der Waals surface area contributed by atoms with Crippen LogP contribution in [-0.4, -0.2) is 0 Å². The maximum absolute atomic E-state index is 13.3. The average Bonchev–Trinajstić information content (AvgIpc) is 2.08. The highest BCUT2D eigenvalue weighted by Gasteiger charge is 2.11. The van der Waals surface area contributed by atoms with Gasteiger partial charge < -0.3 is 5.73 Å². The van der Waals surface area contributed by atoms with Gasteiger partial charge in [-0.25, -0.2) is 4.39 Å².